The van der Waals surface area contributed by atoms with E-state index in [0.717, 1.165) is 47.6 Å². The largest absolute Gasteiger partial charge is 0.493 e. The number of carbonyl (C=O) groups is 1. The van der Waals surface area contributed by atoms with Gasteiger partial charge in [0.2, 0.25) is 10.0 Å². The van der Waals surface area contributed by atoms with Crippen LogP contribution in [-0.2, 0) is 16.6 Å². The number of ether oxygens (including phenoxy) is 1. The van der Waals surface area contributed by atoms with Crippen molar-refractivity contribution in [2.75, 3.05) is 12.4 Å². The highest BCUT2D eigenvalue weighted by molar-refractivity contribution is 7.90. The molecule has 7 nitrogen and oxygen atoms in total. The van der Waals surface area contributed by atoms with Gasteiger partial charge >= 0.3 is 0 Å². The van der Waals surface area contributed by atoms with Gasteiger partial charge in [0.1, 0.15) is 11.6 Å². The van der Waals surface area contributed by atoms with Crippen LogP contribution in [0.5, 0.6) is 5.75 Å². The van der Waals surface area contributed by atoms with Gasteiger partial charge in [0.25, 0.3) is 5.91 Å². The van der Waals surface area contributed by atoms with Crippen LogP contribution in [0.1, 0.15) is 73.6 Å². The van der Waals surface area contributed by atoms with Gasteiger partial charge in [0, 0.05) is 10.6 Å². The van der Waals surface area contributed by atoms with E-state index < -0.39 is 15.9 Å². The Hall–Kier alpha value is -2.58. The minimum Gasteiger partial charge on any atom is -0.493 e. The number of fused-ring (bicyclic) bond motifs is 1. The third-order valence-electron chi connectivity index (χ3n) is 6.78. The van der Waals surface area contributed by atoms with Crippen molar-refractivity contribution in [2.45, 2.75) is 65.3 Å². The monoisotopic (exact) mass is 531 g/mol. The van der Waals surface area contributed by atoms with Crippen molar-refractivity contribution in [1.82, 2.24) is 14.3 Å². The molecule has 1 heterocycles. The van der Waals surface area contributed by atoms with Gasteiger partial charge in [0.05, 0.1) is 29.9 Å². The highest BCUT2D eigenvalue weighted by Gasteiger charge is 2.19. The Morgan fingerprint density at radius 2 is 1.94 bits per heavy atom. The minimum atomic E-state index is -3.68. The minimum absolute atomic E-state index is 0.0648. The third kappa shape index (κ3) is 6.59. The maximum absolute atomic E-state index is 12.7. The lowest BCUT2D eigenvalue weighted by Gasteiger charge is -2.14. The summed E-state index contributed by atoms with van der Waals surface area (Å²) >= 11 is 6.61. The number of aromatic nitrogens is 2. The molecule has 0 aliphatic heterocycles. The van der Waals surface area contributed by atoms with Crippen LogP contribution in [0, 0.1) is 12.8 Å². The molecule has 1 amide bonds. The highest BCUT2D eigenvalue weighted by Crippen LogP contribution is 2.29. The molecule has 4 rings (SSSR count). The fourth-order valence-electron chi connectivity index (χ4n) is 4.68. The summed E-state index contributed by atoms with van der Waals surface area (Å²) in [4.78, 5) is 17.3. The molecule has 1 aliphatic rings. The van der Waals surface area contributed by atoms with Crippen LogP contribution < -0.4 is 9.46 Å². The SMILES string of the molecule is CCCCCS(=O)(=O)NC(=O)c1ccc2nc(C)n(Cc3ccc(OCC4CCCC4)cc3Cl)c2c1. The van der Waals surface area contributed by atoms with Gasteiger partial charge in [-0.3, -0.25) is 4.79 Å². The molecule has 0 saturated heterocycles. The number of hydrogen-bond donors (Lipinski definition) is 1. The van der Waals surface area contributed by atoms with E-state index in [-0.39, 0.29) is 11.3 Å². The quantitative estimate of drug-likeness (QED) is 0.313. The van der Waals surface area contributed by atoms with Crippen LogP contribution in [0.15, 0.2) is 36.4 Å². The molecule has 0 unspecified atom stereocenters. The predicted octanol–water partition coefficient (Wildman–Crippen LogP) is 5.87. The van der Waals surface area contributed by atoms with Crippen LogP contribution in [0.4, 0.5) is 0 Å². The average molecular weight is 532 g/mol. The van der Waals surface area contributed by atoms with E-state index in [4.69, 9.17) is 16.3 Å². The standard InChI is InChI=1S/C27H34ClN3O4S/c1-3-4-7-14-36(33,34)30-27(32)21-11-13-25-26(15-21)31(19(2)29-25)17-22-10-12-23(16-24(22)28)35-18-20-8-5-6-9-20/h10-13,15-16,20H,3-9,14,17-18H2,1-2H3,(H,30,32). The third-order valence-corrected chi connectivity index (χ3v) is 8.45. The fraction of sp³-hybridized carbons (Fsp3) is 0.481. The maximum Gasteiger partial charge on any atom is 0.264 e. The smallest absolute Gasteiger partial charge is 0.264 e. The van der Waals surface area contributed by atoms with E-state index in [0.29, 0.717) is 23.9 Å². The van der Waals surface area contributed by atoms with Crippen molar-refractivity contribution in [3.63, 3.8) is 0 Å². The lowest BCUT2D eigenvalue weighted by molar-refractivity contribution is 0.0981. The molecule has 1 aliphatic carbocycles. The number of carbonyl (C=O) groups excluding carboxylic acids is 1. The Morgan fingerprint density at radius 1 is 1.17 bits per heavy atom. The average Bonchev–Trinajstić information content (AvgIpc) is 3.46. The molecule has 0 atom stereocenters. The number of nitrogens with zero attached hydrogens (tertiary/aromatic N) is 2. The van der Waals surface area contributed by atoms with Crippen LogP contribution >= 0.6 is 11.6 Å². The van der Waals surface area contributed by atoms with E-state index in [1.54, 1.807) is 18.2 Å². The molecule has 2 aromatic carbocycles. The fourth-order valence-corrected chi connectivity index (χ4v) is 6.00. The lowest BCUT2D eigenvalue weighted by atomic mass is 10.1. The second-order valence-electron chi connectivity index (χ2n) is 9.62. The van der Waals surface area contributed by atoms with Gasteiger partial charge in [-0.05, 0) is 68.0 Å². The molecule has 1 saturated carbocycles. The highest BCUT2D eigenvalue weighted by atomic mass is 35.5. The Kier molecular flexibility index (Phi) is 8.57. The van der Waals surface area contributed by atoms with Crippen molar-refractivity contribution < 1.29 is 17.9 Å². The first-order chi connectivity index (χ1) is 17.3. The van der Waals surface area contributed by atoms with Crippen molar-refractivity contribution in [3.05, 3.63) is 58.4 Å². The van der Waals surface area contributed by atoms with Crippen molar-refractivity contribution >= 4 is 38.6 Å². The molecule has 1 N–H and O–H groups in total. The van der Waals surface area contributed by atoms with E-state index in [1.807, 2.05) is 36.6 Å². The van der Waals surface area contributed by atoms with Gasteiger partial charge in [-0.15, -0.1) is 0 Å². The molecule has 0 spiro atoms. The summed E-state index contributed by atoms with van der Waals surface area (Å²) in [7, 11) is -3.68. The molecule has 194 valence electrons. The van der Waals surface area contributed by atoms with Crippen LogP contribution in [0.3, 0.4) is 0 Å². The molecular weight excluding hydrogens is 498 g/mol. The molecular formula is C27H34ClN3O4S. The summed E-state index contributed by atoms with van der Waals surface area (Å²) in [5, 5.41) is 0.604. The van der Waals surface area contributed by atoms with E-state index in [1.165, 1.54) is 25.7 Å². The topological polar surface area (TPSA) is 90.3 Å². The number of halogens is 1. The molecule has 1 fully saturated rings. The summed E-state index contributed by atoms with van der Waals surface area (Å²) in [6.07, 6.45) is 7.25. The molecule has 9 heteroatoms. The van der Waals surface area contributed by atoms with Gasteiger partial charge in [-0.25, -0.2) is 18.1 Å². The van der Waals surface area contributed by atoms with Gasteiger partial charge in [0.15, 0.2) is 0 Å². The maximum atomic E-state index is 12.7. The summed E-state index contributed by atoms with van der Waals surface area (Å²) < 4.78 is 34.7. The predicted molar refractivity (Wildman–Crippen MR) is 143 cm³/mol. The van der Waals surface area contributed by atoms with E-state index >= 15 is 0 Å². The number of rotatable bonds is 11. The number of imidazole rings is 1. The zero-order valence-corrected chi connectivity index (χ0v) is 22.5. The number of hydrogen-bond acceptors (Lipinski definition) is 5. The zero-order chi connectivity index (χ0) is 25.7. The first kappa shape index (κ1) is 26.5. The summed E-state index contributed by atoms with van der Waals surface area (Å²) in [5.41, 5.74) is 2.63. The van der Waals surface area contributed by atoms with Gasteiger partial charge in [-0.1, -0.05) is 50.3 Å². The summed E-state index contributed by atoms with van der Waals surface area (Å²) in [5.74, 6) is 1.46. The van der Waals surface area contributed by atoms with Gasteiger partial charge in [-0.2, -0.15) is 0 Å². The zero-order valence-electron chi connectivity index (χ0n) is 20.9. The summed E-state index contributed by atoms with van der Waals surface area (Å²) in [6.45, 7) is 5.08. The normalized spacial score (nSPS) is 14.4. The van der Waals surface area contributed by atoms with Gasteiger partial charge < -0.3 is 9.30 Å². The molecule has 3 aromatic rings. The number of benzene rings is 2. The second kappa shape index (κ2) is 11.6. The van der Waals surface area contributed by atoms with Crippen LogP contribution in [0.25, 0.3) is 11.0 Å². The van der Waals surface area contributed by atoms with E-state index in [2.05, 4.69) is 9.71 Å². The Balaban J connectivity index is 1.50. The molecule has 0 bridgehead atoms. The number of unbranched alkanes of at least 4 members (excludes halogenated alkanes) is 2. The number of amides is 1. The van der Waals surface area contributed by atoms with Crippen molar-refractivity contribution in [1.29, 1.82) is 0 Å². The Bertz CT molecular complexity index is 1330. The first-order valence-electron chi connectivity index (χ1n) is 12.7. The molecule has 0 radical (unpaired) electrons. The van der Waals surface area contributed by atoms with Crippen LogP contribution in [0.2, 0.25) is 5.02 Å². The van der Waals surface area contributed by atoms with E-state index in [9.17, 15) is 13.2 Å². The molecule has 36 heavy (non-hydrogen) atoms. The Labute approximate surface area is 218 Å². The first-order valence-corrected chi connectivity index (χ1v) is 14.7. The Morgan fingerprint density at radius 3 is 2.67 bits per heavy atom. The number of sulfonamides is 1. The van der Waals surface area contributed by atoms with Crippen LogP contribution in [-0.4, -0.2) is 36.2 Å². The second-order valence-corrected chi connectivity index (χ2v) is 11.9. The number of aryl methyl sites for hydroxylation is 1. The summed E-state index contributed by atoms with van der Waals surface area (Å²) in [6, 6.07) is 10.8. The number of nitrogens with one attached hydrogen (secondary N) is 1. The van der Waals surface area contributed by atoms with Crippen molar-refractivity contribution in [3.8, 4) is 5.75 Å². The molecule has 1 aromatic heterocycles. The van der Waals surface area contributed by atoms with Crippen molar-refractivity contribution in [2.24, 2.45) is 5.92 Å². The lowest BCUT2D eigenvalue weighted by Crippen LogP contribution is -2.32.